The summed E-state index contributed by atoms with van der Waals surface area (Å²) in [5, 5.41) is 12.7. The summed E-state index contributed by atoms with van der Waals surface area (Å²) in [4.78, 5) is 2.63. The second-order valence-electron chi connectivity index (χ2n) is 19.1. The van der Waals surface area contributed by atoms with Crippen molar-refractivity contribution in [3.8, 4) is 33.6 Å². The van der Waals surface area contributed by atoms with Crippen molar-refractivity contribution in [1.82, 2.24) is 9.13 Å². The van der Waals surface area contributed by atoms with Gasteiger partial charge in [-0.15, -0.1) is 0 Å². The van der Waals surface area contributed by atoms with E-state index in [9.17, 15) is 0 Å². The minimum absolute atomic E-state index is 0.439. The monoisotopic (exact) mass is 904 g/mol. The van der Waals surface area contributed by atoms with Crippen LogP contribution < -0.4 is 0 Å². The molecule has 0 atom stereocenters. The highest BCUT2D eigenvalue weighted by Crippen LogP contribution is 2.62. The molecule has 0 unspecified atom stereocenters. The Morgan fingerprint density at radius 1 is 0.257 bits per heavy atom. The van der Waals surface area contributed by atoms with E-state index in [1.54, 1.807) is 0 Å². The number of hydrogen-bond donors (Lipinski definition) is 0. The van der Waals surface area contributed by atoms with Crippen molar-refractivity contribution in [3.63, 3.8) is 0 Å². The molecule has 0 bridgehead atoms. The molecule has 0 saturated carbocycles. The maximum Gasteiger partial charge on any atom is 0.0736 e. The van der Waals surface area contributed by atoms with Crippen LogP contribution in [0.5, 0.6) is 0 Å². The predicted octanol–water partition coefficient (Wildman–Crippen LogP) is 17.8. The highest BCUT2D eigenvalue weighted by Gasteiger charge is 2.50. The average molecular weight is 905 g/mol. The minimum atomic E-state index is -0.439. The quantitative estimate of drug-likeness (QED) is 0.161. The van der Waals surface area contributed by atoms with Crippen LogP contribution in [0.25, 0.3) is 110 Å². The molecule has 1 aliphatic carbocycles. The van der Waals surface area contributed by atoms with Crippen molar-refractivity contribution in [1.29, 1.82) is 0 Å². The van der Waals surface area contributed by atoms with E-state index >= 15 is 0 Å². The first kappa shape index (κ1) is 38.3. The van der Waals surface area contributed by atoms with Gasteiger partial charge in [0.1, 0.15) is 0 Å². The molecule has 324 valence electrons. The van der Waals surface area contributed by atoms with Gasteiger partial charge in [0.15, 0.2) is 0 Å². The average Bonchev–Trinajstić information content (AvgIpc) is 4.05. The summed E-state index contributed by atoms with van der Waals surface area (Å²) < 4.78 is 4.95. The molecule has 3 heteroatoms. The Labute approximate surface area is 408 Å². The molecule has 0 fully saturated rings. The molecule has 16 rings (SSSR count). The zero-order valence-electron chi connectivity index (χ0n) is 37.9. The smallest absolute Gasteiger partial charge is 0.0736 e. The molecule has 0 radical (unpaired) electrons. The van der Waals surface area contributed by atoms with E-state index in [1.807, 2.05) is 11.8 Å². The van der Waals surface area contributed by atoms with E-state index in [0.29, 0.717) is 0 Å². The molecule has 70 heavy (non-hydrogen) atoms. The molecule has 2 nitrogen and oxygen atoms in total. The molecule has 0 saturated heterocycles. The fourth-order valence-electron chi connectivity index (χ4n) is 12.9. The maximum atomic E-state index is 2.50. The number of aromatic nitrogens is 2. The molecular formula is C67H40N2S. The zero-order valence-corrected chi connectivity index (χ0v) is 38.7. The van der Waals surface area contributed by atoms with E-state index in [4.69, 9.17) is 0 Å². The van der Waals surface area contributed by atoms with Crippen LogP contribution in [-0.4, -0.2) is 9.13 Å². The van der Waals surface area contributed by atoms with Crippen molar-refractivity contribution in [3.05, 3.63) is 265 Å². The number of hydrogen-bond acceptors (Lipinski definition) is 1. The van der Waals surface area contributed by atoms with Gasteiger partial charge in [0.25, 0.3) is 0 Å². The van der Waals surface area contributed by atoms with Crippen LogP contribution in [0.3, 0.4) is 0 Å². The Balaban J connectivity index is 0.865. The predicted molar refractivity (Wildman–Crippen MR) is 295 cm³/mol. The van der Waals surface area contributed by atoms with Gasteiger partial charge in [-0.25, -0.2) is 0 Å². The van der Waals surface area contributed by atoms with Gasteiger partial charge in [0.2, 0.25) is 0 Å². The fraction of sp³-hybridized carbons (Fsp3) is 0.0149. The van der Waals surface area contributed by atoms with Crippen LogP contribution in [-0.2, 0) is 5.41 Å². The lowest BCUT2D eigenvalue weighted by Crippen LogP contribution is -2.32. The third-order valence-electron chi connectivity index (χ3n) is 15.8. The first-order valence-corrected chi connectivity index (χ1v) is 25.1. The number of para-hydroxylation sites is 2. The second kappa shape index (κ2) is 14.2. The first-order valence-electron chi connectivity index (χ1n) is 24.2. The van der Waals surface area contributed by atoms with Gasteiger partial charge in [-0.3, -0.25) is 0 Å². The molecule has 1 spiro atoms. The van der Waals surface area contributed by atoms with Crippen LogP contribution in [0.4, 0.5) is 0 Å². The molecule has 14 aromatic rings. The van der Waals surface area contributed by atoms with Crippen molar-refractivity contribution in [2.24, 2.45) is 0 Å². The van der Waals surface area contributed by atoms with Crippen LogP contribution in [0.2, 0.25) is 0 Å². The van der Waals surface area contributed by atoms with Gasteiger partial charge in [-0.2, -0.15) is 0 Å². The SMILES string of the molecule is c1ccc2c(c1)Sc1ccccc1C21c2ccccc2-c2ccc(-n3c4ccccc4c4cc(-c5ccc6c(c5)c5ccccc5n6-c5ccc6c7ccccc7c7ccccc7c6c5)ccc43)cc21. The Kier molecular flexibility index (Phi) is 7.79. The van der Waals surface area contributed by atoms with Gasteiger partial charge in [0.05, 0.1) is 27.5 Å². The molecule has 2 aliphatic rings. The molecule has 2 aromatic heterocycles. The van der Waals surface area contributed by atoms with E-state index in [-0.39, 0.29) is 0 Å². The van der Waals surface area contributed by atoms with E-state index in [2.05, 4.69) is 252 Å². The van der Waals surface area contributed by atoms with Gasteiger partial charge in [-0.05, 0) is 150 Å². The lowest BCUT2D eigenvalue weighted by Gasteiger charge is -2.39. The largest absolute Gasteiger partial charge is 0.309 e. The van der Waals surface area contributed by atoms with E-state index in [0.717, 1.165) is 0 Å². The number of nitrogens with zero attached hydrogens (tertiary/aromatic N) is 2. The number of rotatable bonds is 3. The summed E-state index contributed by atoms with van der Waals surface area (Å²) >= 11 is 1.89. The van der Waals surface area contributed by atoms with Crippen LogP contribution in [0.1, 0.15) is 22.3 Å². The van der Waals surface area contributed by atoms with Gasteiger partial charge in [-0.1, -0.05) is 182 Å². The molecule has 0 N–H and O–H groups in total. The third kappa shape index (κ3) is 5.04. The second-order valence-corrected chi connectivity index (χ2v) is 20.2. The summed E-state index contributed by atoms with van der Waals surface area (Å²) in [6.07, 6.45) is 0. The first-order chi connectivity index (χ1) is 34.7. The maximum absolute atomic E-state index is 2.50. The molecular weight excluding hydrogens is 865 g/mol. The van der Waals surface area contributed by atoms with Crippen molar-refractivity contribution >= 4 is 87.7 Å². The lowest BCUT2D eigenvalue weighted by molar-refractivity contribution is 0.722. The van der Waals surface area contributed by atoms with Crippen molar-refractivity contribution < 1.29 is 0 Å². The Bertz CT molecular complexity index is 4500. The Morgan fingerprint density at radius 3 is 1.26 bits per heavy atom. The summed E-state index contributed by atoms with van der Waals surface area (Å²) in [5.74, 6) is 0. The Hall–Kier alpha value is -8.63. The highest BCUT2D eigenvalue weighted by molar-refractivity contribution is 7.99. The van der Waals surface area contributed by atoms with Crippen LogP contribution in [0.15, 0.2) is 252 Å². The summed E-state index contributed by atoms with van der Waals surface area (Å²) in [6, 6.07) is 91.1. The summed E-state index contributed by atoms with van der Waals surface area (Å²) in [6.45, 7) is 0. The van der Waals surface area contributed by atoms with Crippen molar-refractivity contribution in [2.75, 3.05) is 0 Å². The van der Waals surface area contributed by atoms with Gasteiger partial charge in [0, 0.05) is 42.7 Å². The molecule has 3 heterocycles. The number of fused-ring (bicyclic) bond motifs is 21. The summed E-state index contributed by atoms with van der Waals surface area (Å²) in [7, 11) is 0. The fourth-order valence-corrected chi connectivity index (χ4v) is 14.1. The Morgan fingerprint density at radius 2 is 0.671 bits per heavy atom. The normalized spacial score (nSPS) is 13.5. The lowest BCUT2D eigenvalue weighted by atomic mass is 9.67. The van der Waals surface area contributed by atoms with Crippen LogP contribution in [0, 0.1) is 0 Å². The third-order valence-corrected chi connectivity index (χ3v) is 16.9. The molecule has 12 aromatic carbocycles. The highest BCUT2D eigenvalue weighted by atomic mass is 32.2. The zero-order chi connectivity index (χ0) is 45.7. The topological polar surface area (TPSA) is 9.86 Å². The number of benzene rings is 12. The standard InChI is InChI=1S/C67H40N2S/c1-2-17-47-45(15-1)46-16-3-4-18-48(46)54-39-43(31-33-49(47)54)68-61-25-11-6-20-52(61)55-37-41(29-35-63(55)68)42-30-36-64-56(38-42)53-21-7-12-26-62(53)69(64)44-32-34-51-50-19-5-8-22-57(50)67(60(51)40-44)58-23-9-13-27-65(58)70-66-28-14-10-24-59(66)67/h1-40H. The van der Waals surface area contributed by atoms with E-state index < -0.39 is 5.41 Å². The van der Waals surface area contributed by atoms with Crippen molar-refractivity contribution in [2.45, 2.75) is 15.2 Å². The minimum Gasteiger partial charge on any atom is -0.309 e. The van der Waals surface area contributed by atoms with E-state index in [1.165, 1.54) is 142 Å². The molecule has 1 aliphatic heterocycles. The van der Waals surface area contributed by atoms with Crippen LogP contribution >= 0.6 is 11.8 Å². The van der Waals surface area contributed by atoms with Gasteiger partial charge >= 0.3 is 0 Å². The van der Waals surface area contributed by atoms with Gasteiger partial charge < -0.3 is 9.13 Å². The molecule has 0 amide bonds. The summed E-state index contributed by atoms with van der Waals surface area (Å²) in [5.41, 5.74) is 17.1.